The molecule has 2 heteroatoms. The van der Waals surface area contributed by atoms with Crippen LogP contribution in [-0.2, 0) is 0 Å². The Morgan fingerprint density at radius 1 is 1.31 bits per heavy atom. The molecule has 74 valence electrons. The first kappa shape index (κ1) is 12.1. The Balaban J connectivity index is 3.58. The second-order valence-electron chi connectivity index (χ2n) is 2.92. The van der Waals surface area contributed by atoms with Crippen LogP contribution in [0, 0.1) is 0 Å². The molecule has 0 aromatic rings. The molecule has 0 aliphatic carbocycles. The highest BCUT2D eigenvalue weighted by atomic mass is 14.9. The highest BCUT2D eigenvalue weighted by Gasteiger charge is 1.90. The molecule has 0 spiro atoms. The smallest absolute Gasteiger partial charge is 0.0277 e. The monoisotopic (exact) mass is 180 g/mol. The van der Waals surface area contributed by atoms with E-state index in [1.54, 1.807) is 13.3 Å². The summed E-state index contributed by atoms with van der Waals surface area (Å²) in [4.78, 5) is 3.84. The first-order valence-corrected chi connectivity index (χ1v) is 4.80. The number of aliphatic imine (C=N–C) groups is 1. The number of nitrogens with one attached hydrogen (secondary N) is 1. The molecule has 2 nitrogen and oxygen atoms in total. The van der Waals surface area contributed by atoms with Gasteiger partial charge in [0, 0.05) is 19.3 Å². The summed E-state index contributed by atoms with van der Waals surface area (Å²) in [5.41, 5.74) is 0. The topological polar surface area (TPSA) is 24.4 Å². The van der Waals surface area contributed by atoms with E-state index in [9.17, 15) is 0 Å². The third kappa shape index (κ3) is 9.02. The molecular weight excluding hydrogens is 160 g/mol. The van der Waals surface area contributed by atoms with Gasteiger partial charge in [-0.05, 0) is 26.0 Å². The average Bonchev–Trinajstić information content (AvgIpc) is 2.14. The maximum Gasteiger partial charge on any atom is 0.0277 e. The molecule has 0 unspecified atom stereocenters. The van der Waals surface area contributed by atoms with E-state index in [-0.39, 0.29) is 0 Å². The lowest BCUT2D eigenvalue weighted by molar-refractivity contribution is 0.624. The Hall–Kier alpha value is -0.890. The van der Waals surface area contributed by atoms with Crippen LogP contribution in [0.3, 0.4) is 0 Å². The number of rotatable bonds is 6. The largest absolute Gasteiger partial charge is 0.311 e. The Bertz CT molecular complexity index is 181. The number of hydrogen-bond acceptors (Lipinski definition) is 2. The lowest BCUT2D eigenvalue weighted by Crippen LogP contribution is -2.24. The van der Waals surface area contributed by atoms with Crippen molar-refractivity contribution in [2.45, 2.75) is 26.3 Å². The normalized spacial score (nSPS) is 15.0. The van der Waals surface area contributed by atoms with Gasteiger partial charge in [-0.15, -0.1) is 0 Å². The summed E-state index contributed by atoms with van der Waals surface area (Å²) in [5.74, 6) is 0. The lowest BCUT2D eigenvalue weighted by atomic mass is 10.3. The van der Waals surface area contributed by atoms with Crippen molar-refractivity contribution in [3.63, 3.8) is 0 Å². The standard InChI is InChI=1S/C11H20N2/c1-4-9-13-11(2)8-6-5-7-10-12-3/h5-8,10-11,13H,4,9H2,1-3H3/b7-5-,8-6+,12-10?/t11-/m0/s1. The highest BCUT2D eigenvalue weighted by molar-refractivity contribution is 5.71. The third-order valence-corrected chi connectivity index (χ3v) is 1.57. The van der Waals surface area contributed by atoms with Crippen LogP contribution < -0.4 is 5.32 Å². The molecule has 0 fully saturated rings. The molecule has 13 heavy (non-hydrogen) atoms. The Morgan fingerprint density at radius 3 is 2.69 bits per heavy atom. The van der Waals surface area contributed by atoms with Gasteiger partial charge in [0.1, 0.15) is 0 Å². The van der Waals surface area contributed by atoms with Gasteiger partial charge < -0.3 is 5.32 Å². The number of allylic oxidation sites excluding steroid dienone is 3. The fourth-order valence-corrected chi connectivity index (χ4v) is 0.871. The van der Waals surface area contributed by atoms with Crippen molar-refractivity contribution >= 4 is 6.21 Å². The van der Waals surface area contributed by atoms with Crippen molar-refractivity contribution in [2.24, 2.45) is 4.99 Å². The lowest BCUT2D eigenvalue weighted by Gasteiger charge is -2.06. The molecule has 0 aromatic carbocycles. The Morgan fingerprint density at radius 2 is 2.08 bits per heavy atom. The SMILES string of the molecule is CCCN[C@@H](C)/C=C/C=C\C=NC. The zero-order valence-electron chi connectivity index (χ0n) is 8.83. The van der Waals surface area contributed by atoms with Gasteiger partial charge in [-0.25, -0.2) is 0 Å². The van der Waals surface area contributed by atoms with E-state index in [0.717, 1.165) is 6.54 Å². The number of nitrogens with zero attached hydrogens (tertiary/aromatic N) is 1. The predicted octanol–water partition coefficient (Wildman–Crippen LogP) is 2.19. The van der Waals surface area contributed by atoms with Gasteiger partial charge in [0.15, 0.2) is 0 Å². The maximum absolute atomic E-state index is 3.84. The number of hydrogen-bond donors (Lipinski definition) is 1. The van der Waals surface area contributed by atoms with Crippen LogP contribution in [0.2, 0.25) is 0 Å². The molecule has 0 radical (unpaired) electrons. The van der Waals surface area contributed by atoms with Crippen molar-refractivity contribution in [1.82, 2.24) is 5.32 Å². The van der Waals surface area contributed by atoms with Gasteiger partial charge in [0.25, 0.3) is 0 Å². The van der Waals surface area contributed by atoms with Gasteiger partial charge >= 0.3 is 0 Å². The van der Waals surface area contributed by atoms with E-state index in [0.29, 0.717) is 6.04 Å². The molecule has 0 aliphatic rings. The summed E-state index contributed by atoms with van der Waals surface area (Å²) in [6.45, 7) is 5.39. The second-order valence-corrected chi connectivity index (χ2v) is 2.92. The molecular formula is C11H20N2. The molecule has 0 bridgehead atoms. The fraction of sp³-hybridized carbons (Fsp3) is 0.545. The average molecular weight is 180 g/mol. The summed E-state index contributed by atoms with van der Waals surface area (Å²) in [7, 11) is 1.76. The van der Waals surface area contributed by atoms with Crippen LogP contribution in [0.25, 0.3) is 0 Å². The van der Waals surface area contributed by atoms with E-state index >= 15 is 0 Å². The van der Waals surface area contributed by atoms with Crippen LogP contribution in [-0.4, -0.2) is 25.8 Å². The van der Waals surface area contributed by atoms with Crippen LogP contribution in [0.4, 0.5) is 0 Å². The summed E-state index contributed by atoms with van der Waals surface area (Å²) >= 11 is 0. The molecule has 0 amide bonds. The predicted molar refractivity (Wildman–Crippen MR) is 60.5 cm³/mol. The minimum atomic E-state index is 0.447. The van der Waals surface area contributed by atoms with Crippen LogP contribution in [0.5, 0.6) is 0 Å². The first-order valence-electron chi connectivity index (χ1n) is 4.80. The van der Waals surface area contributed by atoms with Gasteiger partial charge in [0.2, 0.25) is 0 Å². The highest BCUT2D eigenvalue weighted by Crippen LogP contribution is 1.86. The third-order valence-electron chi connectivity index (χ3n) is 1.57. The minimum absolute atomic E-state index is 0.447. The molecule has 0 rings (SSSR count). The first-order chi connectivity index (χ1) is 6.31. The zero-order valence-corrected chi connectivity index (χ0v) is 8.83. The van der Waals surface area contributed by atoms with Crippen LogP contribution >= 0.6 is 0 Å². The zero-order chi connectivity index (χ0) is 9.94. The van der Waals surface area contributed by atoms with E-state index in [2.05, 4.69) is 30.2 Å². The van der Waals surface area contributed by atoms with Crippen molar-refractivity contribution in [3.8, 4) is 0 Å². The summed E-state index contributed by atoms with van der Waals surface area (Å²) in [5, 5.41) is 3.37. The quantitative estimate of drug-likeness (QED) is 0.492. The van der Waals surface area contributed by atoms with E-state index < -0.39 is 0 Å². The van der Waals surface area contributed by atoms with Gasteiger partial charge in [-0.3, -0.25) is 4.99 Å². The van der Waals surface area contributed by atoms with Gasteiger partial charge in [-0.2, -0.15) is 0 Å². The maximum atomic E-state index is 3.84. The molecule has 0 saturated heterocycles. The van der Waals surface area contributed by atoms with Crippen molar-refractivity contribution in [1.29, 1.82) is 0 Å². The molecule has 0 saturated carbocycles. The fourth-order valence-electron chi connectivity index (χ4n) is 0.871. The molecule has 1 atom stereocenters. The summed E-state index contributed by atoms with van der Waals surface area (Å²) in [6, 6.07) is 0.447. The molecule has 0 aliphatic heterocycles. The van der Waals surface area contributed by atoms with E-state index in [1.807, 2.05) is 18.2 Å². The molecule has 0 aromatic heterocycles. The molecule has 0 heterocycles. The Kier molecular flexibility index (Phi) is 8.57. The second kappa shape index (κ2) is 9.20. The van der Waals surface area contributed by atoms with Gasteiger partial charge in [0.05, 0.1) is 0 Å². The van der Waals surface area contributed by atoms with Crippen molar-refractivity contribution < 1.29 is 0 Å². The minimum Gasteiger partial charge on any atom is -0.311 e. The van der Waals surface area contributed by atoms with Gasteiger partial charge in [-0.1, -0.05) is 25.2 Å². The Labute approximate surface area is 81.5 Å². The van der Waals surface area contributed by atoms with Crippen molar-refractivity contribution in [3.05, 3.63) is 24.3 Å². The molecule has 1 N–H and O–H groups in total. The van der Waals surface area contributed by atoms with E-state index in [1.165, 1.54) is 6.42 Å². The summed E-state index contributed by atoms with van der Waals surface area (Å²) in [6.07, 6.45) is 11.0. The summed E-state index contributed by atoms with van der Waals surface area (Å²) < 4.78 is 0. The van der Waals surface area contributed by atoms with Crippen LogP contribution in [0.15, 0.2) is 29.3 Å². The van der Waals surface area contributed by atoms with Crippen LogP contribution in [0.1, 0.15) is 20.3 Å². The van der Waals surface area contributed by atoms with Crippen molar-refractivity contribution in [2.75, 3.05) is 13.6 Å². The van der Waals surface area contributed by atoms with E-state index in [4.69, 9.17) is 0 Å².